The van der Waals surface area contributed by atoms with E-state index in [0.29, 0.717) is 12.1 Å². The molecule has 1 aliphatic rings. The van der Waals surface area contributed by atoms with Crippen LogP contribution in [0.2, 0.25) is 0 Å². The average molecular weight is 367 g/mol. The van der Waals surface area contributed by atoms with Crippen LogP contribution in [-0.2, 0) is 20.7 Å². The maximum absolute atomic E-state index is 12.1. The molecule has 1 N–H and O–H groups in total. The molecule has 1 amide bonds. The molecule has 2 rings (SSSR count). The molecule has 0 bridgehead atoms. The second-order valence-electron chi connectivity index (χ2n) is 6.07. The van der Waals surface area contributed by atoms with E-state index >= 15 is 0 Å². The first-order valence-corrected chi connectivity index (χ1v) is 8.67. The molecule has 0 aliphatic heterocycles. The molecule has 26 heavy (non-hydrogen) atoms. The van der Waals surface area contributed by atoms with Gasteiger partial charge in [0.2, 0.25) is 0 Å². The zero-order chi connectivity index (χ0) is 18.8. The van der Waals surface area contributed by atoms with Gasteiger partial charge in [-0.2, -0.15) is 8.78 Å². The molecule has 0 radical (unpaired) electrons. The van der Waals surface area contributed by atoms with E-state index in [0.717, 1.165) is 19.3 Å². The van der Waals surface area contributed by atoms with E-state index in [1.54, 1.807) is 0 Å². The van der Waals surface area contributed by atoms with E-state index in [2.05, 4.69) is 16.1 Å². The van der Waals surface area contributed by atoms with Crippen molar-refractivity contribution in [2.24, 2.45) is 0 Å². The van der Waals surface area contributed by atoms with Crippen LogP contribution in [0.4, 0.5) is 8.78 Å². The topological polar surface area (TPSA) is 64.6 Å². The molecule has 1 aliphatic carbocycles. The lowest BCUT2D eigenvalue weighted by atomic mass is 9.97. The van der Waals surface area contributed by atoms with Crippen molar-refractivity contribution in [3.8, 4) is 5.75 Å². The molecule has 142 valence electrons. The summed E-state index contributed by atoms with van der Waals surface area (Å²) in [6.07, 6.45) is 7.64. The van der Waals surface area contributed by atoms with Crippen LogP contribution in [0.1, 0.15) is 37.7 Å². The van der Waals surface area contributed by atoms with Gasteiger partial charge in [0.15, 0.2) is 6.61 Å². The Morgan fingerprint density at radius 1 is 1.15 bits per heavy atom. The summed E-state index contributed by atoms with van der Waals surface area (Å²) in [7, 11) is 0. The standard InChI is InChI=1S/C19H23F2NO4/c20-19(21)26-16-8-6-15(7-9-16)12-18(24)25-13-17(23)22-11-10-14-4-2-1-3-5-14/h4,6-9,19H,1-3,5,10-13H2,(H,22,23). The Morgan fingerprint density at radius 3 is 2.58 bits per heavy atom. The largest absolute Gasteiger partial charge is 0.455 e. The molecule has 7 heteroatoms. The van der Waals surface area contributed by atoms with Gasteiger partial charge in [0, 0.05) is 6.54 Å². The van der Waals surface area contributed by atoms with Crippen molar-refractivity contribution < 1.29 is 27.8 Å². The summed E-state index contributed by atoms with van der Waals surface area (Å²) in [5, 5.41) is 2.73. The normalized spacial score (nSPS) is 13.9. The van der Waals surface area contributed by atoms with Gasteiger partial charge in [-0.05, 0) is 49.8 Å². The third kappa shape index (κ3) is 7.63. The Balaban J connectivity index is 1.63. The highest BCUT2D eigenvalue weighted by molar-refractivity contribution is 5.81. The van der Waals surface area contributed by atoms with Crippen LogP contribution in [0.3, 0.4) is 0 Å². The second-order valence-corrected chi connectivity index (χ2v) is 6.07. The van der Waals surface area contributed by atoms with E-state index in [1.165, 1.54) is 42.7 Å². The summed E-state index contributed by atoms with van der Waals surface area (Å²) < 4.78 is 33.3. The summed E-state index contributed by atoms with van der Waals surface area (Å²) in [5.74, 6) is -0.877. The van der Waals surface area contributed by atoms with Crippen LogP contribution in [0.15, 0.2) is 35.9 Å². The molecule has 0 heterocycles. The molecule has 1 aromatic carbocycles. The summed E-state index contributed by atoms with van der Waals surface area (Å²) in [6.45, 7) is -2.68. The zero-order valence-corrected chi connectivity index (χ0v) is 14.5. The van der Waals surface area contributed by atoms with E-state index in [-0.39, 0.29) is 24.7 Å². The molecular weight excluding hydrogens is 344 g/mol. The first-order valence-electron chi connectivity index (χ1n) is 8.67. The van der Waals surface area contributed by atoms with Gasteiger partial charge in [0.05, 0.1) is 6.42 Å². The maximum atomic E-state index is 12.1. The van der Waals surface area contributed by atoms with Crippen molar-refractivity contribution in [2.45, 2.75) is 45.1 Å². The van der Waals surface area contributed by atoms with Crippen molar-refractivity contribution in [1.29, 1.82) is 0 Å². The molecule has 5 nitrogen and oxygen atoms in total. The number of rotatable bonds is 9. The minimum absolute atomic E-state index is 0.0181. The van der Waals surface area contributed by atoms with Crippen LogP contribution >= 0.6 is 0 Å². The molecule has 0 unspecified atom stereocenters. The Hall–Kier alpha value is -2.44. The highest BCUT2D eigenvalue weighted by atomic mass is 19.3. The molecule has 0 saturated carbocycles. The van der Waals surface area contributed by atoms with Crippen LogP contribution < -0.4 is 10.1 Å². The number of alkyl halides is 2. The summed E-state index contributed by atoms with van der Waals surface area (Å²) >= 11 is 0. The number of carbonyl (C=O) groups is 2. The van der Waals surface area contributed by atoms with Gasteiger partial charge in [0.1, 0.15) is 5.75 Å². The predicted octanol–water partition coefficient (Wildman–Crippen LogP) is 3.38. The average Bonchev–Trinajstić information content (AvgIpc) is 2.62. The van der Waals surface area contributed by atoms with Gasteiger partial charge in [-0.3, -0.25) is 9.59 Å². The fourth-order valence-corrected chi connectivity index (χ4v) is 2.70. The van der Waals surface area contributed by atoms with Crippen molar-refractivity contribution in [2.75, 3.05) is 13.2 Å². The van der Waals surface area contributed by atoms with Crippen molar-refractivity contribution >= 4 is 11.9 Å². The minimum atomic E-state index is -2.89. The number of ether oxygens (including phenoxy) is 2. The fraction of sp³-hybridized carbons (Fsp3) is 0.474. The van der Waals surface area contributed by atoms with Crippen LogP contribution in [0.25, 0.3) is 0 Å². The Bertz CT molecular complexity index is 629. The minimum Gasteiger partial charge on any atom is -0.455 e. The molecule has 0 atom stereocenters. The van der Waals surface area contributed by atoms with E-state index in [1.807, 2.05) is 0 Å². The zero-order valence-electron chi connectivity index (χ0n) is 14.5. The van der Waals surface area contributed by atoms with E-state index < -0.39 is 12.6 Å². The fourth-order valence-electron chi connectivity index (χ4n) is 2.70. The molecule has 0 saturated heterocycles. The lowest BCUT2D eigenvalue weighted by molar-refractivity contribution is -0.147. The predicted molar refractivity (Wildman–Crippen MR) is 91.9 cm³/mol. The molecule has 0 aromatic heterocycles. The highest BCUT2D eigenvalue weighted by Crippen LogP contribution is 2.19. The van der Waals surface area contributed by atoms with Crippen molar-refractivity contribution in [3.63, 3.8) is 0 Å². The first kappa shape index (κ1) is 19.9. The van der Waals surface area contributed by atoms with Crippen LogP contribution in [0.5, 0.6) is 5.75 Å². The van der Waals surface area contributed by atoms with Crippen molar-refractivity contribution in [1.82, 2.24) is 5.32 Å². The van der Waals surface area contributed by atoms with Gasteiger partial charge in [-0.1, -0.05) is 23.8 Å². The van der Waals surface area contributed by atoms with E-state index in [9.17, 15) is 18.4 Å². The lowest BCUT2D eigenvalue weighted by Crippen LogP contribution is -2.30. The third-order valence-corrected chi connectivity index (χ3v) is 4.01. The number of carbonyl (C=O) groups excluding carboxylic acids is 2. The summed E-state index contributed by atoms with van der Waals surface area (Å²) in [5.41, 5.74) is 1.95. The number of allylic oxidation sites excluding steroid dienone is 1. The van der Waals surface area contributed by atoms with Gasteiger partial charge >= 0.3 is 12.6 Å². The number of amides is 1. The molecule has 1 aromatic rings. The highest BCUT2D eigenvalue weighted by Gasteiger charge is 2.10. The van der Waals surface area contributed by atoms with Crippen LogP contribution in [-0.4, -0.2) is 31.6 Å². The SMILES string of the molecule is O=C(COC(=O)Cc1ccc(OC(F)F)cc1)NCCC1=CCCCC1. The van der Waals surface area contributed by atoms with Gasteiger partial charge < -0.3 is 14.8 Å². The molecule has 0 fully saturated rings. The Morgan fingerprint density at radius 2 is 1.92 bits per heavy atom. The number of halogens is 2. The summed E-state index contributed by atoms with van der Waals surface area (Å²) in [6, 6.07) is 5.69. The van der Waals surface area contributed by atoms with Gasteiger partial charge in [-0.15, -0.1) is 0 Å². The Labute approximate surface area is 151 Å². The first-order chi connectivity index (χ1) is 12.5. The van der Waals surface area contributed by atoms with Gasteiger partial charge in [0.25, 0.3) is 5.91 Å². The lowest BCUT2D eigenvalue weighted by Gasteiger charge is -2.13. The Kier molecular flexibility index (Phi) is 8.05. The summed E-state index contributed by atoms with van der Waals surface area (Å²) in [4.78, 5) is 23.4. The number of hydrogen-bond acceptors (Lipinski definition) is 4. The second kappa shape index (κ2) is 10.5. The number of nitrogens with one attached hydrogen (secondary N) is 1. The molecular formula is C19H23F2NO4. The number of esters is 1. The van der Waals surface area contributed by atoms with E-state index in [4.69, 9.17) is 4.74 Å². The number of benzene rings is 1. The monoisotopic (exact) mass is 367 g/mol. The maximum Gasteiger partial charge on any atom is 0.387 e. The van der Waals surface area contributed by atoms with Crippen LogP contribution in [0, 0.1) is 0 Å². The number of hydrogen-bond donors (Lipinski definition) is 1. The quantitative estimate of drug-likeness (QED) is 0.537. The smallest absolute Gasteiger partial charge is 0.387 e. The third-order valence-electron chi connectivity index (χ3n) is 4.01. The molecule has 0 spiro atoms. The van der Waals surface area contributed by atoms with Gasteiger partial charge in [-0.25, -0.2) is 0 Å². The van der Waals surface area contributed by atoms with Crippen molar-refractivity contribution in [3.05, 3.63) is 41.5 Å².